The third-order valence-electron chi connectivity index (χ3n) is 9.37. The van der Waals surface area contributed by atoms with Crippen LogP contribution in [0, 0.1) is 12.3 Å². The molecule has 38 heavy (non-hydrogen) atoms. The van der Waals surface area contributed by atoms with Crippen molar-refractivity contribution in [3.8, 4) is 0 Å². The molecule has 2 N–H and O–H groups in total. The number of likely N-dealkylation sites (tertiary alicyclic amines) is 1. The zero-order valence-corrected chi connectivity index (χ0v) is 23.7. The van der Waals surface area contributed by atoms with Crippen molar-refractivity contribution in [2.45, 2.75) is 86.9 Å². The van der Waals surface area contributed by atoms with Gasteiger partial charge in [0.05, 0.1) is 15.7 Å². The van der Waals surface area contributed by atoms with Crippen LogP contribution in [-0.2, 0) is 9.84 Å². The summed E-state index contributed by atoms with van der Waals surface area (Å²) in [5.74, 6) is 1.91. The van der Waals surface area contributed by atoms with Gasteiger partial charge in [0.2, 0.25) is 5.95 Å². The van der Waals surface area contributed by atoms with E-state index in [0.29, 0.717) is 23.3 Å². The summed E-state index contributed by atoms with van der Waals surface area (Å²) in [6.07, 6.45) is 9.75. The first-order valence-electron chi connectivity index (χ1n) is 14.2. The third kappa shape index (κ3) is 5.05. The predicted molar refractivity (Wildman–Crippen MR) is 150 cm³/mol. The van der Waals surface area contributed by atoms with Gasteiger partial charge in [0.15, 0.2) is 9.84 Å². The molecule has 0 bridgehead atoms. The zero-order chi connectivity index (χ0) is 26.7. The lowest BCUT2D eigenvalue weighted by molar-refractivity contribution is 0.0446. The van der Waals surface area contributed by atoms with E-state index in [2.05, 4.69) is 27.1 Å². The van der Waals surface area contributed by atoms with E-state index in [4.69, 9.17) is 4.98 Å². The second-order valence-corrected chi connectivity index (χ2v) is 15.0. The van der Waals surface area contributed by atoms with Gasteiger partial charge in [0, 0.05) is 30.5 Å². The molecule has 4 fully saturated rings. The first-order valence-corrected chi connectivity index (χ1v) is 15.7. The van der Waals surface area contributed by atoms with Crippen molar-refractivity contribution in [3.05, 3.63) is 35.5 Å². The average molecular weight is 540 g/mol. The number of aromatic nitrogens is 2. The summed E-state index contributed by atoms with van der Waals surface area (Å²) in [5, 5.41) is 13.7. The Morgan fingerprint density at radius 2 is 1.84 bits per heavy atom. The number of hydrogen-bond donors (Lipinski definition) is 2. The van der Waals surface area contributed by atoms with Crippen LogP contribution in [0.3, 0.4) is 0 Å². The molecule has 1 atom stereocenters. The molecular formula is C29H41N5O3S. The normalized spacial score (nSPS) is 26.4. The van der Waals surface area contributed by atoms with Gasteiger partial charge in [-0.3, -0.25) is 0 Å². The first kappa shape index (κ1) is 26.0. The number of sulfone groups is 1. The second kappa shape index (κ2) is 9.45. The lowest BCUT2D eigenvalue weighted by Crippen LogP contribution is -2.50. The zero-order valence-electron chi connectivity index (χ0n) is 22.9. The molecule has 2 saturated heterocycles. The maximum Gasteiger partial charge on any atom is 0.229 e. The molecule has 3 heterocycles. The van der Waals surface area contributed by atoms with Gasteiger partial charge < -0.3 is 20.2 Å². The summed E-state index contributed by atoms with van der Waals surface area (Å²) in [6.45, 7) is 7.39. The number of rotatable bonds is 6. The smallest absolute Gasteiger partial charge is 0.229 e. The van der Waals surface area contributed by atoms with Gasteiger partial charge in [-0.05, 0) is 120 Å². The van der Waals surface area contributed by atoms with E-state index >= 15 is 0 Å². The van der Waals surface area contributed by atoms with Crippen molar-refractivity contribution in [2.75, 3.05) is 43.4 Å². The number of piperidine rings is 2. The Balaban J connectivity index is 1.18. The molecule has 1 aromatic heterocycles. The van der Waals surface area contributed by atoms with Gasteiger partial charge in [0.25, 0.3) is 0 Å². The fraction of sp³-hybridized carbons (Fsp3) is 0.655. The van der Waals surface area contributed by atoms with Crippen LogP contribution < -0.4 is 10.2 Å². The summed E-state index contributed by atoms with van der Waals surface area (Å²) in [6, 6.07) is 5.36. The molecule has 9 heteroatoms. The Hall–Kier alpha value is -2.23. The molecule has 206 valence electrons. The Morgan fingerprint density at radius 3 is 2.50 bits per heavy atom. The highest BCUT2D eigenvalue weighted by atomic mass is 32.2. The number of aryl methyl sites for hydroxylation is 1. The molecule has 2 saturated carbocycles. The lowest BCUT2D eigenvalue weighted by atomic mass is 9.63. The Labute approximate surface area is 226 Å². The largest absolute Gasteiger partial charge is 0.388 e. The second-order valence-electron chi connectivity index (χ2n) is 12.7. The summed E-state index contributed by atoms with van der Waals surface area (Å²) >= 11 is 0. The Kier molecular flexibility index (Phi) is 6.47. The molecule has 0 amide bonds. The molecular weight excluding hydrogens is 498 g/mol. The predicted octanol–water partition coefficient (Wildman–Crippen LogP) is 4.41. The summed E-state index contributed by atoms with van der Waals surface area (Å²) in [5.41, 5.74) is 2.33. The number of anilines is 3. The minimum atomic E-state index is -3.35. The van der Waals surface area contributed by atoms with Crippen molar-refractivity contribution in [3.63, 3.8) is 0 Å². The molecule has 0 radical (unpaired) electrons. The van der Waals surface area contributed by atoms with Crippen molar-refractivity contribution in [2.24, 2.45) is 5.41 Å². The number of benzene rings is 1. The van der Waals surface area contributed by atoms with Crippen molar-refractivity contribution >= 4 is 27.3 Å². The van der Waals surface area contributed by atoms with E-state index in [9.17, 15) is 13.5 Å². The summed E-state index contributed by atoms with van der Waals surface area (Å²) in [7, 11) is -1.20. The van der Waals surface area contributed by atoms with Gasteiger partial charge in [-0.15, -0.1) is 0 Å². The first-order chi connectivity index (χ1) is 18.0. The molecule has 1 unspecified atom stereocenters. The van der Waals surface area contributed by atoms with Crippen LogP contribution in [0.4, 0.5) is 17.5 Å². The minimum Gasteiger partial charge on any atom is -0.388 e. The Morgan fingerprint density at radius 1 is 1.11 bits per heavy atom. The molecule has 2 aromatic rings. The molecule has 4 aliphatic rings. The topological polar surface area (TPSA) is 98.7 Å². The summed E-state index contributed by atoms with van der Waals surface area (Å²) < 4.78 is 26.8. The van der Waals surface area contributed by atoms with Crippen molar-refractivity contribution in [1.29, 1.82) is 0 Å². The molecule has 2 aliphatic heterocycles. The van der Waals surface area contributed by atoms with Crippen LogP contribution >= 0.6 is 0 Å². The number of nitrogens with zero attached hydrogens (tertiary/aromatic N) is 4. The fourth-order valence-corrected chi connectivity index (χ4v) is 8.80. The summed E-state index contributed by atoms with van der Waals surface area (Å²) in [4.78, 5) is 14.5. The maximum atomic E-state index is 13.4. The molecule has 6 rings (SSSR count). The monoisotopic (exact) mass is 539 g/mol. The van der Waals surface area contributed by atoms with Crippen LogP contribution in [0.15, 0.2) is 29.3 Å². The highest BCUT2D eigenvalue weighted by Crippen LogP contribution is 2.52. The lowest BCUT2D eigenvalue weighted by Gasteiger charge is -2.51. The van der Waals surface area contributed by atoms with Crippen LogP contribution in [0.25, 0.3) is 0 Å². The third-order valence-corrected chi connectivity index (χ3v) is 11.5. The van der Waals surface area contributed by atoms with Gasteiger partial charge in [-0.25, -0.2) is 13.4 Å². The minimum absolute atomic E-state index is 0.226. The Bertz CT molecular complexity index is 1310. The van der Waals surface area contributed by atoms with Gasteiger partial charge in [0.1, 0.15) is 5.82 Å². The molecule has 1 aromatic carbocycles. The number of aliphatic hydroxyl groups is 1. The fourth-order valence-electron chi connectivity index (χ4n) is 6.67. The van der Waals surface area contributed by atoms with Crippen LogP contribution in [0.5, 0.6) is 0 Å². The van der Waals surface area contributed by atoms with Gasteiger partial charge in [-0.2, -0.15) is 4.98 Å². The quantitative estimate of drug-likeness (QED) is 0.557. The van der Waals surface area contributed by atoms with Crippen LogP contribution in [0.2, 0.25) is 0 Å². The van der Waals surface area contributed by atoms with E-state index < -0.39 is 15.4 Å². The standard InChI is InChI=1S/C29H41N5O3S/c1-20-15-22(38(36,37)23-16-29(17-23)10-13-33(3)14-11-29)7-8-25(20)31-27-30-18-24(21-5-6-21)26(32-27)34-12-4-9-28(2,35)19-34/h7-8,15,18,21,23,35H,4-6,9-14,16-17,19H2,1-3H3,(H,30,31,32). The number of hydrogen-bond acceptors (Lipinski definition) is 8. The molecule has 2 aliphatic carbocycles. The van der Waals surface area contributed by atoms with Gasteiger partial charge in [-0.1, -0.05) is 0 Å². The number of β-amino-alcohol motifs (C(OH)–C–C–N with tert-alkyl or cyclic N) is 1. The number of nitrogens with one attached hydrogen (secondary N) is 1. The molecule has 8 nitrogen and oxygen atoms in total. The van der Waals surface area contributed by atoms with Crippen LogP contribution in [0.1, 0.15) is 75.3 Å². The van der Waals surface area contributed by atoms with Crippen molar-refractivity contribution < 1.29 is 13.5 Å². The van der Waals surface area contributed by atoms with Gasteiger partial charge >= 0.3 is 0 Å². The van der Waals surface area contributed by atoms with E-state index in [-0.39, 0.29) is 10.7 Å². The highest BCUT2D eigenvalue weighted by molar-refractivity contribution is 7.92. The molecule has 1 spiro atoms. The van der Waals surface area contributed by atoms with Crippen molar-refractivity contribution in [1.82, 2.24) is 14.9 Å². The SMILES string of the molecule is Cc1cc(S(=O)(=O)C2CC3(CCN(C)CC3)C2)ccc1Nc1ncc(C2CC2)c(N2CCCC(C)(O)C2)n1. The van der Waals surface area contributed by atoms with E-state index in [0.717, 1.165) is 93.6 Å². The maximum absolute atomic E-state index is 13.4. The van der Waals surface area contributed by atoms with Crippen LogP contribution in [-0.4, -0.2) is 72.5 Å². The van der Waals surface area contributed by atoms with E-state index in [1.807, 2.05) is 26.1 Å². The van der Waals surface area contributed by atoms with E-state index in [1.54, 1.807) is 12.1 Å². The highest BCUT2D eigenvalue weighted by Gasteiger charge is 2.50. The average Bonchev–Trinajstić information content (AvgIpc) is 3.69. The van der Waals surface area contributed by atoms with E-state index in [1.165, 1.54) is 0 Å².